The van der Waals surface area contributed by atoms with Gasteiger partial charge in [0.25, 0.3) is 0 Å². The third-order valence-corrected chi connectivity index (χ3v) is 3.59. The Balaban J connectivity index is 1.88. The Morgan fingerprint density at radius 3 is 2.39 bits per heavy atom. The average molecular weight is 313 g/mol. The van der Waals surface area contributed by atoms with E-state index in [1.807, 2.05) is 13.8 Å². The van der Waals surface area contributed by atoms with Gasteiger partial charge in [0, 0.05) is 11.6 Å². The molecular weight excluding hydrogens is 290 g/mol. The lowest BCUT2D eigenvalue weighted by molar-refractivity contribution is -0.119. The van der Waals surface area contributed by atoms with Crippen LogP contribution in [-0.2, 0) is 11.2 Å². The molecule has 122 valence electrons. The summed E-state index contributed by atoms with van der Waals surface area (Å²) in [5.41, 5.74) is 3.11. The molecule has 2 aromatic carbocycles. The maximum Gasteiger partial charge on any atom is 0.227 e. The topological polar surface area (TPSA) is 58.6 Å². The van der Waals surface area contributed by atoms with Gasteiger partial charge in [0.1, 0.15) is 12.4 Å². The predicted molar refractivity (Wildman–Crippen MR) is 91.7 cm³/mol. The fraction of sp³-hybridized carbons (Fsp3) is 0.316. The summed E-state index contributed by atoms with van der Waals surface area (Å²) in [6.07, 6.45) is 0.712. The summed E-state index contributed by atoms with van der Waals surface area (Å²) >= 11 is 0. The Morgan fingerprint density at radius 2 is 1.78 bits per heavy atom. The van der Waals surface area contributed by atoms with E-state index in [2.05, 4.69) is 29.6 Å². The van der Waals surface area contributed by atoms with Gasteiger partial charge < -0.3 is 15.2 Å². The fourth-order valence-corrected chi connectivity index (χ4v) is 2.23. The molecule has 1 atom stereocenters. The molecule has 0 spiro atoms. The molecule has 0 aliphatic carbocycles. The fourth-order valence-electron chi connectivity index (χ4n) is 2.23. The highest BCUT2D eigenvalue weighted by Crippen LogP contribution is 2.17. The first-order valence-corrected chi connectivity index (χ1v) is 7.78. The first-order valence-electron chi connectivity index (χ1n) is 7.78. The van der Waals surface area contributed by atoms with Crippen molar-refractivity contribution in [3.05, 3.63) is 59.7 Å². The number of carbonyl (C=O) groups excluding carboxylic acids is 1. The van der Waals surface area contributed by atoms with Crippen LogP contribution in [0.5, 0.6) is 5.75 Å². The number of aliphatic hydroxyl groups is 1. The van der Waals surface area contributed by atoms with E-state index in [0.717, 1.165) is 11.3 Å². The van der Waals surface area contributed by atoms with Crippen LogP contribution in [-0.4, -0.2) is 24.2 Å². The second kappa shape index (κ2) is 8.34. The van der Waals surface area contributed by atoms with Crippen LogP contribution in [0.3, 0.4) is 0 Å². The van der Waals surface area contributed by atoms with E-state index >= 15 is 0 Å². The molecule has 4 heteroatoms. The van der Waals surface area contributed by atoms with Gasteiger partial charge in [0.2, 0.25) is 5.91 Å². The molecule has 0 fully saturated rings. The molecule has 0 saturated carbocycles. The van der Waals surface area contributed by atoms with E-state index in [9.17, 15) is 4.79 Å². The number of rotatable bonds is 7. The first kappa shape index (κ1) is 17.0. The summed E-state index contributed by atoms with van der Waals surface area (Å²) in [4.78, 5) is 12.3. The zero-order chi connectivity index (χ0) is 16.7. The highest BCUT2D eigenvalue weighted by Gasteiger charge is 2.13. The summed E-state index contributed by atoms with van der Waals surface area (Å²) in [6, 6.07) is 15.4. The molecule has 0 aliphatic heterocycles. The number of hydrogen-bond donors (Lipinski definition) is 2. The maximum absolute atomic E-state index is 12.3. The van der Waals surface area contributed by atoms with Crippen molar-refractivity contribution >= 4 is 11.6 Å². The zero-order valence-electron chi connectivity index (χ0n) is 13.6. The standard InChI is InChI=1S/C19H23NO3/c1-14-3-5-16(6-4-14)13-15(2)19(22)20-17-7-9-18(10-8-17)23-12-11-21/h3-10,15,21H,11-13H2,1-2H3,(H,20,22). The van der Waals surface area contributed by atoms with E-state index in [1.54, 1.807) is 24.3 Å². The van der Waals surface area contributed by atoms with Gasteiger partial charge in [0.05, 0.1) is 6.61 Å². The summed E-state index contributed by atoms with van der Waals surface area (Å²) in [7, 11) is 0. The number of aliphatic hydroxyl groups excluding tert-OH is 1. The van der Waals surface area contributed by atoms with Gasteiger partial charge in [-0.2, -0.15) is 0 Å². The van der Waals surface area contributed by atoms with Crippen molar-refractivity contribution in [2.45, 2.75) is 20.3 Å². The number of ether oxygens (including phenoxy) is 1. The molecule has 23 heavy (non-hydrogen) atoms. The molecule has 0 aromatic heterocycles. The number of amides is 1. The Kier molecular flexibility index (Phi) is 6.18. The lowest BCUT2D eigenvalue weighted by atomic mass is 9.99. The van der Waals surface area contributed by atoms with E-state index < -0.39 is 0 Å². The van der Waals surface area contributed by atoms with Gasteiger partial charge in [-0.05, 0) is 43.2 Å². The smallest absolute Gasteiger partial charge is 0.227 e. The molecule has 2 aromatic rings. The van der Waals surface area contributed by atoms with Gasteiger partial charge in [0.15, 0.2) is 0 Å². The highest BCUT2D eigenvalue weighted by atomic mass is 16.5. The van der Waals surface area contributed by atoms with Gasteiger partial charge >= 0.3 is 0 Å². The summed E-state index contributed by atoms with van der Waals surface area (Å²) < 4.78 is 5.29. The number of nitrogens with one attached hydrogen (secondary N) is 1. The minimum Gasteiger partial charge on any atom is -0.491 e. The van der Waals surface area contributed by atoms with Crippen molar-refractivity contribution in [1.82, 2.24) is 0 Å². The molecular formula is C19H23NO3. The lowest BCUT2D eigenvalue weighted by Gasteiger charge is -2.13. The van der Waals surface area contributed by atoms with Gasteiger partial charge in [-0.25, -0.2) is 0 Å². The van der Waals surface area contributed by atoms with Gasteiger partial charge in [-0.15, -0.1) is 0 Å². The SMILES string of the molecule is Cc1ccc(CC(C)C(=O)Nc2ccc(OCCO)cc2)cc1. The maximum atomic E-state index is 12.3. The van der Waals surface area contributed by atoms with E-state index in [4.69, 9.17) is 9.84 Å². The van der Waals surface area contributed by atoms with Crippen molar-refractivity contribution < 1.29 is 14.6 Å². The van der Waals surface area contributed by atoms with Crippen molar-refractivity contribution in [1.29, 1.82) is 0 Å². The number of hydrogen-bond acceptors (Lipinski definition) is 3. The lowest BCUT2D eigenvalue weighted by Crippen LogP contribution is -2.22. The molecule has 2 N–H and O–H groups in total. The van der Waals surface area contributed by atoms with Crippen LogP contribution in [0.1, 0.15) is 18.1 Å². The third kappa shape index (κ3) is 5.42. The number of carbonyl (C=O) groups is 1. The van der Waals surface area contributed by atoms with Gasteiger partial charge in [-0.1, -0.05) is 36.8 Å². The van der Waals surface area contributed by atoms with Crippen LogP contribution >= 0.6 is 0 Å². The molecule has 0 saturated heterocycles. The molecule has 0 aliphatic rings. The third-order valence-electron chi connectivity index (χ3n) is 3.59. The summed E-state index contributed by atoms with van der Waals surface area (Å²) in [6.45, 7) is 4.22. The van der Waals surface area contributed by atoms with E-state index in [1.165, 1.54) is 5.56 Å². The van der Waals surface area contributed by atoms with Crippen molar-refractivity contribution in [2.75, 3.05) is 18.5 Å². The molecule has 2 rings (SSSR count). The van der Waals surface area contributed by atoms with Crippen molar-refractivity contribution in [3.63, 3.8) is 0 Å². The molecule has 0 radical (unpaired) electrons. The van der Waals surface area contributed by atoms with Crippen LogP contribution in [0.4, 0.5) is 5.69 Å². The first-order chi connectivity index (χ1) is 11.1. The highest BCUT2D eigenvalue weighted by molar-refractivity contribution is 5.92. The Labute approximate surface area is 137 Å². The monoisotopic (exact) mass is 313 g/mol. The summed E-state index contributed by atoms with van der Waals surface area (Å²) in [5, 5.41) is 11.6. The quantitative estimate of drug-likeness (QED) is 0.825. The minimum atomic E-state index is -0.108. The van der Waals surface area contributed by atoms with E-state index in [0.29, 0.717) is 12.2 Å². The Morgan fingerprint density at radius 1 is 1.13 bits per heavy atom. The predicted octanol–water partition coefficient (Wildman–Crippen LogP) is 3.18. The van der Waals surface area contributed by atoms with Gasteiger partial charge in [-0.3, -0.25) is 4.79 Å². The minimum absolute atomic E-state index is 0.00500. The molecule has 1 amide bonds. The van der Waals surface area contributed by atoms with Crippen LogP contribution in [0, 0.1) is 12.8 Å². The normalized spacial score (nSPS) is 11.8. The number of anilines is 1. The largest absolute Gasteiger partial charge is 0.491 e. The van der Waals surface area contributed by atoms with Crippen LogP contribution < -0.4 is 10.1 Å². The Hall–Kier alpha value is -2.33. The Bertz CT molecular complexity index is 620. The molecule has 0 heterocycles. The molecule has 4 nitrogen and oxygen atoms in total. The van der Waals surface area contributed by atoms with Crippen molar-refractivity contribution in [2.24, 2.45) is 5.92 Å². The average Bonchev–Trinajstić information content (AvgIpc) is 2.56. The van der Waals surface area contributed by atoms with E-state index in [-0.39, 0.29) is 25.0 Å². The number of aryl methyl sites for hydroxylation is 1. The summed E-state index contributed by atoms with van der Waals surface area (Å²) in [5.74, 6) is 0.558. The van der Waals surface area contributed by atoms with Crippen LogP contribution in [0.2, 0.25) is 0 Å². The molecule has 0 bridgehead atoms. The zero-order valence-corrected chi connectivity index (χ0v) is 13.6. The van der Waals surface area contributed by atoms with Crippen LogP contribution in [0.25, 0.3) is 0 Å². The second-order valence-corrected chi connectivity index (χ2v) is 5.68. The second-order valence-electron chi connectivity index (χ2n) is 5.68. The number of benzene rings is 2. The molecule has 1 unspecified atom stereocenters. The van der Waals surface area contributed by atoms with Crippen LogP contribution in [0.15, 0.2) is 48.5 Å². The van der Waals surface area contributed by atoms with Crippen molar-refractivity contribution in [3.8, 4) is 5.75 Å².